The maximum absolute atomic E-state index is 11.2. The van der Waals surface area contributed by atoms with Crippen molar-refractivity contribution in [2.45, 2.75) is 42.7 Å². The fourth-order valence-electron chi connectivity index (χ4n) is 3.04. The molecule has 3 heterocycles. The fraction of sp³-hybridized carbons (Fsp3) is 0.412. The molecule has 1 fully saturated rings. The topological polar surface area (TPSA) is 92.4 Å². The van der Waals surface area contributed by atoms with Crippen molar-refractivity contribution in [2.75, 3.05) is 6.61 Å². The monoisotopic (exact) mass is 357 g/mol. The van der Waals surface area contributed by atoms with Gasteiger partial charge in [-0.25, -0.2) is 0 Å². The summed E-state index contributed by atoms with van der Waals surface area (Å²) < 4.78 is 7.40. The van der Waals surface area contributed by atoms with E-state index in [0.717, 1.165) is 24.0 Å². The molecular weight excluding hydrogens is 340 g/mol. The van der Waals surface area contributed by atoms with Gasteiger partial charge in [-0.3, -0.25) is 0 Å². The van der Waals surface area contributed by atoms with Crippen molar-refractivity contribution in [3.8, 4) is 0 Å². The smallest absolute Gasteiger partial charge is 0.212 e. The standard InChI is InChI=1S/C17H18N4O3S/c1-10-4-6-11(7-5-10)15-13(9-14(22)23)25-17-19-18-16(21(17)20-15)12-3-2-8-24-12/h4-7,12-13H,2-3,8-9H2,1H3,(H,22,23)/p-1/t12-,13+/m0/s1. The van der Waals surface area contributed by atoms with Gasteiger partial charge in [0.25, 0.3) is 0 Å². The average molecular weight is 357 g/mol. The van der Waals surface area contributed by atoms with Gasteiger partial charge < -0.3 is 14.6 Å². The molecule has 0 radical (unpaired) electrons. The molecule has 25 heavy (non-hydrogen) atoms. The van der Waals surface area contributed by atoms with Crippen LogP contribution < -0.4 is 5.11 Å². The first-order valence-electron chi connectivity index (χ1n) is 8.21. The predicted molar refractivity (Wildman–Crippen MR) is 90.3 cm³/mol. The van der Waals surface area contributed by atoms with Gasteiger partial charge in [0.1, 0.15) is 6.10 Å². The molecule has 0 N–H and O–H groups in total. The van der Waals surface area contributed by atoms with Crippen molar-refractivity contribution >= 4 is 23.4 Å². The minimum Gasteiger partial charge on any atom is -0.550 e. The van der Waals surface area contributed by atoms with Crippen LogP contribution >= 0.6 is 11.8 Å². The van der Waals surface area contributed by atoms with Crippen LogP contribution in [-0.4, -0.2) is 38.4 Å². The summed E-state index contributed by atoms with van der Waals surface area (Å²) in [6.07, 6.45) is 1.64. The number of fused-ring (bicyclic) bond motifs is 1. The van der Waals surface area contributed by atoms with E-state index in [-0.39, 0.29) is 17.8 Å². The van der Waals surface area contributed by atoms with Gasteiger partial charge in [-0.2, -0.15) is 9.78 Å². The summed E-state index contributed by atoms with van der Waals surface area (Å²) in [6, 6.07) is 7.89. The zero-order valence-electron chi connectivity index (χ0n) is 13.7. The van der Waals surface area contributed by atoms with Gasteiger partial charge in [0.2, 0.25) is 5.16 Å². The summed E-state index contributed by atoms with van der Waals surface area (Å²) in [6.45, 7) is 2.72. The molecule has 4 rings (SSSR count). The van der Waals surface area contributed by atoms with Crippen LogP contribution in [0.4, 0.5) is 0 Å². The molecule has 0 saturated carbocycles. The second-order valence-electron chi connectivity index (χ2n) is 6.19. The molecule has 2 aromatic rings. The number of hydrogen-bond donors (Lipinski definition) is 0. The van der Waals surface area contributed by atoms with Gasteiger partial charge in [-0.1, -0.05) is 41.6 Å². The van der Waals surface area contributed by atoms with E-state index in [9.17, 15) is 9.90 Å². The summed E-state index contributed by atoms with van der Waals surface area (Å²) >= 11 is 1.35. The SMILES string of the molecule is Cc1ccc(C2=Nn3c(nnc3[C@@H]3CCCO3)S[C@@H]2CC(=O)[O-])cc1. The highest BCUT2D eigenvalue weighted by Crippen LogP contribution is 2.35. The zero-order valence-corrected chi connectivity index (χ0v) is 14.5. The highest BCUT2D eigenvalue weighted by atomic mass is 32.2. The van der Waals surface area contributed by atoms with Crippen LogP contribution in [0.25, 0.3) is 0 Å². The summed E-state index contributed by atoms with van der Waals surface area (Å²) in [5.41, 5.74) is 2.72. The Hall–Kier alpha value is -2.19. The number of thioether (sulfide) groups is 1. The van der Waals surface area contributed by atoms with Gasteiger partial charge in [0.05, 0.1) is 11.0 Å². The van der Waals surface area contributed by atoms with Crippen LogP contribution in [-0.2, 0) is 9.53 Å². The summed E-state index contributed by atoms with van der Waals surface area (Å²) in [7, 11) is 0. The third-order valence-electron chi connectivity index (χ3n) is 4.31. The Labute approximate surface area is 149 Å². The van der Waals surface area contributed by atoms with E-state index in [4.69, 9.17) is 9.84 Å². The second-order valence-corrected chi connectivity index (χ2v) is 7.36. The fourth-order valence-corrected chi connectivity index (χ4v) is 4.13. The van der Waals surface area contributed by atoms with E-state index in [1.807, 2.05) is 31.2 Å². The molecule has 0 spiro atoms. The van der Waals surface area contributed by atoms with Gasteiger partial charge >= 0.3 is 0 Å². The minimum atomic E-state index is -1.11. The molecular formula is C17H17N4O3S-. The van der Waals surface area contributed by atoms with Gasteiger partial charge in [-0.15, -0.1) is 10.2 Å². The first-order valence-corrected chi connectivity index (χ1v) is 9.09. The Bertz CT molecular complexity index is 825. The number of hydrogen-bond acceptors (Lipinski definition) is 7. The molecule has 0 unspecified atom stereocenters. The molecule has 0 amide bonds. The molecule has 1 aromatic heterocycles. The lowest BCUT2D eigenvalue weighted by molar-refractivity contribution is -0.305. The highest BCUT2D eigenvalue weighted by molar-refractivity contribution is 8.00. The van der Waals surface area contributed by atoms with Crippen LogP contribution in [0.5, 0.6) is 0 Å². The number of aryl methyl sites for hydroxylation is 1. The number of carbonyl (C=O) groups is 1. The maximum Gasteiger partial charge on any atom is 0.212 e. The molecule has 2 aliphatic rings. The van der Waals surface area contributed by atoms with Crippen molar-refractivity contribution in [2.24, 2.45) is 5.10 Å². The Balaban J connectivity index is 1.76. The van der Waals surface area contributed by atoms with Crippen molar-refractivity contribution in [1.82, 2.24) is 14.9 Å². The predicted octanol–water partition coefficient (Wildman–Crippen LogP) is 1.30. The van der Waals surface area contributed by atoms with E-state index < -0.39 is 5.97 Å². The first-order chi connectivity index (χ1) is 12.1. The number of benzene rings is 1. The van der Waals surface area contributed by atoms with Crippen LogP contribution in [0.1, 0.15) is 42.3 Å². The van der Waals surface area contributed by atoms with E-state index in [1.54, 1.807) is 4.68 Å². The third kappa shape index (κ3) is 3.19. The van der Waals surface area contributed by atoms with Crippen LogP contribution in [0.3, 0.4) is 0 Å². The number of ether oxygens (including phenoxy) is 1. The summed E-state index contributed by atoms with van der Waals surface area (Å²) in [5, 5.41) is 24.5. The van der Waals surface area contributed by atoms with Crippen LogP contribution in [0, 0.1) is 6.92 Å². The lowest BCUT2D eigenvalue weighted by Gasteiger charge is -2.24. The Morgan fingerprint density at radius 3 is 2.84 bits per heavy atom. The van der Waals surface area contributed by atoms with E-state index in [2.05, 4.69) is 10.2 Å². The van der Waals surface area contributed by atoms with Gasteiger partial charge in [0.15, 0.2) is 5.82 Å². The normalized spacial score (nSPS) is 22.5. The zero-order chi connectivity index (χ0) is 17.4. The molecule has 130 valence electrons. The van der Waals surface area contributed by atoms with Crippen molar-refractivity contribution in [3.05, 3.63) is 41.2 Å². The largest absolute Gasteiger partial charge is 0.550 e. The number of aromatic nitrogens is 3. The number of carboxylic acids is 1. The lowest BCUT2D eigenvalue weighted by Crippen LogP contribution is -2.33. The van der Waals surface area contributed by atoms with Crippen molar-refractivity contribution in [3.63, 3.8) is 0 Å². The quantitative estimate of drug-likeness (QED) is 0.819. The number of carboxylic acid groups (broad SMARTS) is 1. The molecule has 7 nitrogen and oxygen atoms in total. The summed E-state index contributed by atoms with van der Waals surface area (Å²) in [5.74, 6) is -0.430. The van der Waals surface area contributed by atoms with E-state index in [0.29, 0.717) is 23.3 Å². The molecule has 2 aliphatic heterocycles. The van der Waals surface area contributed by atoms with Crippen molar-refractivity contribution in [1.29, 1.82) is 0 Å². The number of nitrogens with zero attached hydrogens (tertiary/aromatic N) is 4. The Morgan fingerprint density at radius 1 is 1.36 bits per heavy atom. The van der Waals surface area contributed by atoms with E-state index >= 15 is 0 Å². The minimum absolute atomic E-state index is 0.109. The first kappa shape index (κ1) is 16.3. The molecule has 0 aliphatic carbocycles. The Morgan fingerprint density at radius 2 is 2.16 bits per heavy atom. The molecule has 1 saturated heterocycles. The maximum atomic E-state index is 11.2. The average Bonchev–Trinajstić information content (AvgIpc) is 3.23. The van der Waals surface area contributed by atoms with Crippen LogP contribution in [0.2, 0.25) is 0 Å². The van der Waals surface area contributed by atoms with Crippen molar-refractivity contribution < 1.29 is 14.6 Å². The third-order valence-corrected chi connectivity index (χ3v) is 5.45. The number of rotatable bonds is 4. The van der Waals surface area contributed by atoms with Gasteiger partial charge in [0, 0.05) is 19.0 Å². The number of carbonyl (C=O) groups excluding carboxylic acids is 1. The molecule has 8 heteroatoms. The number of aliphatic carboxylic acids is 1. The van der Waals surface area contributed by atoms with Gasteiger partial charge in [-0.05, 0) is 25.3 Å². The Kier molecular flexibility index (Phi) is 4.30. The van der Waals surface area contributed by atoms with E-state index in [1.165, 1.54) is 11.8 Å². The molecule has 1 aromatic carbocycles. The summed E-state index contributed by atoms with van der Waals surface area (Å²) in [4.78, 5) is 11.2. The highest BCUT2D eigenvalue weighted by Gasteiger charge is 2.32. The van der Waals surface area contributed by atoms with Crippen LogP contribution in [0.15, 0.2) is 34.5 Å². The molecule has 2 atom stereocenters. The second kappa shape index (κ2) is 6.61. The lowest BCUT2D eigenvalue weighted by atomic mass is 10.0. The molecule has 0 bridgehead atoms.